The molecule has 0 unspecified atom stereocenters. The number of aryl methyl sites for hydroxylation is 1. The fraction of sp³-hybridized carbons (Fsp3) is 0.190. The summed E-state index contributed by atoms with van der Waals surface area (Å²) in [6.07, 6.45) is 4.34. The molecule has 2 aromatic carbocycles. The summed E-state index contributed by atoms with van der Waals surface area (Å²) in [7, 11) is 0. The fourth-order valence-electron chi connectivity index (χ4n) is 2.57. The van der Waals surface area contributed by atoms with Gasteiger partial charge in [-0.05, 0) is 59.9 Å². The highest BCUT2D eigenvalue weighted by molar-refractivity contribution is 6.31. The summed E-state index contributed by atoms with van der Waals surface area (Å²) in [5.74, 6) is 0.234. The van der Waals surface area contributed by atoms with Crippen molar-refractivity contribution in [3.05, 3.63) is 83.4 Å². The molecule has 1 N–H and O–H groups in total. The van der Waals surface area contributed by atoms with Crippen molar-refractivity contribution in [3.8, 4) is 16.9 Å². The number of benzene rings is 2. The van der Waals surface area contributed by atoms with Crippen LogP contribution in [0.5, 0.6) is 5.75 Å². The fourth-order valence-corrected chi connectivity index (χ4v) is 2.75. The molecule has 134 valence electrons. The average molecular weight is 372 g/mol. The third-order valence-corrected chi connectivity index (χ3v) is 4.33. The van der Waals surface area contributed by atoms with Gasteiger partial charge in [0.2, 0.25) is 0 Å². The van der Waals surface area contributed by atoms with E-state index >= 15 is 0 Å². The molecule has 26 heavy (non-hydrogen) atoms. The van der Waals surface area contributed by atoms with Crippen LogP contribution < -0.4 is 4.74 Å². The summed E-state index contributed by atoms with van der Waals surface area (Å²) in [5, 5.41) is 10.2. The van der Waals surface area contributed by atoms with Crippen LogP contribution in [0.4, 0.5) is 4.39 Å². The van der Waals surface area contributed by atoms with Crippen molar-refractivity contribution in [1.82, 2.24) is 4.98 Å². The van der Waals surface area contributed by atoms with Crippen molar-refractivity contribution < 1.29 is 14.2 Å². The maximum absolute atomic E-state index is 13.2. The van der Waals surface area contributed by atoms with E-state index < -0.39 is 11.9 Å². The number of aliphatic hydroxyl groups excluding tert-OH is 1. The molecule has 0 saturated heterocycles. The summed E-state index contributed by atoms with van der Waals surface area (Å²) in [6, 6.07) is 15.9. The van der Waals surface area contributed by atoms with Crippen LogP contribution in [-0.2, 0) is 6.42 Å². The smallest absolute Gasteiger partial charge is 0.141 e. The van der Waals surface area contributed by atoms with Gasteiger partial charge >= 0.3 is 0 Å². The van der Waals surface area contributed by atoms with Crippen molar-refractivity contribution in [1.29, 1.82) is 0 Å². The Hall–Kier alpha value is -2.43. The molecule has 0 spiro atoms. The molecule has 0 saturated carbocycles. The molecule has 3 nitrogen and oxygen atoms in total. The zero-order chi connectivity index (χ0) is 18.4. The van der Waals surface area contributed by atoms with Crippen LogP contribution >= 0.6 is 11.6 Å². The first-order valence-electron chi connectivity index (χ1n) is 8.37. The summed E-state index contributed by atoms with van der Waals surface area (Å²) < 4.78 is 18.9. The zero-order valence-corrected chi connectivity index (χ0v) is 14.9. The molecule has 0 aliphatic carbocycles. The Morgan fingerprint density at radius 3 is 2.54 bits per heavy atom. The first-order chi connectivity index (χ1) is 12.6. The van der Waals surface area contributed by atoms with Gasteiger partial charge in [-0.1, -0.05) is 35.9 Å². The molecule has 1 heterocycles. The van der Waals surface area contributed by atoms with Gasteiger partial charge in [0.1, 0.15) is 18.2 Å². The molecular formula is C21H19ClFNO2. The molecule has 3 aromatic rings. The lowest BCUT2D eigenvalue weighted by atomic mass is 10.1. The van der Waals surface area contributed by atoms with E-state index in [1.165, 1.54) is 6.07 Å². The molecular weight excluding hydrogens is 353 g/mol. The summed E-state index contributed by atoms with van der Waals surface area (Å²) in [5.41, 5.74) is 2.84. The largest absolute Gasteiger partial charge is 0.491 e. The average Bonchev–Trinajstić information content (AvgIpc) is 2.68. The van der Waals surface area contributed by atoms with Crippen LogP contribution in [0, 0.1) is 5.82 Å². The standard InChI is InChI=1S/C21H19ClFNO2/c22-20-12-17(6-10-21(20)23)16-4-8-19(9-5-16)26-14-18(25)7-3-15-2-1-11-24-13-15/h1-2,4-6,8-13,18,25H,3,7,14H2/t18-/m1/s1. The van der Waals surface area contributed by atoms with Crippen molar-refractivity contribution in [3.63, 3.8) is 0 Å². The monoisotopic (exact) mass is 371 g/mol. The second kappa shape index (κ2) is 8.79. The quantitative estimate of drug-likeness (QED) is 0.641. The van der Waals surface area contributed by atoms with E-state index in [-0.39, 0.29) is 11.6 Å². The van der Waals surface area contributed by atoms with Gasteiger partial charge < -0.3 is 9.84 Å². The Kier molecular flexibility index (Phi) is 6.21. The number of hydrogen-bond donors (Lipinski definition) is 1. The molecule has 0 bridgehead atoms. The molecule has 0 aliphatic heterocycles. The normalized spacial score (nSPS) is 12.0. The Bertz CT molecular complexity index is 840. The molecule has 0 amide bonds. The van der Waals surface area contributed by atoms with Crippen molar-refractivity contribution in [2.45, 2.75) is 18.9 Å². The van der Waals surface area contributed by atoms with E-state index in [0.29, 0.717) is 12.2 Å². The van der Waals surface area contributed by atoms with Gasteiger partial charge in [-0.3, -0.25) is 4.98 Å². The maximum Gasteiger partial charge on any atom is 0.141 e. The number of halogens is 2. The lowest BCUT2D eigenvalue weighted by molar-refractivity contribution is 0.100. The molecule has 3 rings (SSSR count). The number of hydrogen-bond acceptors (Lipinski definition) is 3. The van der Waals surface area contributed by atoms with E-state index in [4.69, 9.17) is 16.3 Å². The highest BCUT2D eigenvalue weighted by atomic mass is 35.5. The van der Waals surface area contributed by atoms with Gasteiger partial charge in [-0.15, -0.1) is 0 Å². The van der Waals surface area contributed by atoms with Crippen molar-refractivity contribution in [2.24, 2.45) is 0 Å². The Morgan fingerprint density at radius 1 is 1.08 bits per heavy atom. The molecule has 0 radical (unpaired) electrons. The number of aromatic nitrogens is 1. The van der Waals surface area contributed by atoms with Crippen LogP contribution in [0.3, 0.4) is 0 Å². The molecule has 5 heteroatoms. The maximum atomic E-state index is 13.2. The van der Waals surface area contributed by atoms with E-state index in [2.05, 4.69) is 4.98 Å². The van der Waals surface area contributed by atoms with Crippen LogP contribution in [0.1, 0.15) is 12.0 Å². The SMILES string of the molecule is O[C@H](CCc1cccnc1)COc1ccc(-c2ccc(F)c(Cl)c2)cc1. The molecule has 0 fully saturated rings. The predicted octanol–water partition coefficient (Wildman–Crippen LogP) is 4.91. The van der Waals surface area contributed by atoms with Gasteiger partial charge in [-0.2, -0.15) is 0 Å². The molecule has 1 aromatic heterocycles. The minimum absolute atomic E-state index is 0.0968. The number of nitrogens with zero attached hydrogens (tertiary/aromatic N) is 1. The topological polar surface area (TPSA) is 42.4 Å². The summed E-state index contributed by atoms with van der Waals surface area (Å²) in [4.78, 5) is 4.06. The minimum Gasteiger partial charge on any atom is -0.491 e. The first-order valence-corrected chi connectivity index (χ1v) is 8.75. The Balaban J connectivity index is 1.51. The van der Waals surface area contributed by atoms with E-state index in [1.54, 1.807) is 24.5 Å². The van der Waals surface area contributed by atoms with E-state index in [0.717, 1.165) is 23.1 Å². The first kappa shape index (κ1) is 18.4. The predicted molar refractivity (Wildman–Crippen MR) is 101 cm³/mol. The van der Waals surface area contributed by atoms with Gasteiger partial charge in [0, 0.05) is 12.4 Å². The van der Waals surface area contributed by atoms with Gasteiger partial charge in [-0.25, -0.2) is 4.39 Å². The number of rotatable bonds is 7. The van der Waals surface area contributed by atoms with Gasteiger partial charge in [0.05, 0.1) is 11.1 Å². The highest BCUT2D eigenvalue weighted by Gasteiger charge is 2.07. The zero-order valence-electron chi connectivity index (χ0n) is 14.1. The van der Waals surface area contributed by atoms with Crippen molar-refractivity contribution >= 4 is 11.6 Å². The van der Waals surface area contributed by atoms with E-state index in [9.17, 15) is 9.50 Å². The number of aliphatic hydroxyl groups is 1. The number of ether oxygens (including phenoxy) is 1. The summed E-state index contributed by atoms with van der Waals surface area (Å²) >= 11 is 5.82. The third kappa shape index (κ3) is 5.04. The second-order valence-corrected chi connectivity index (χ2v) is 6.43. The van der Waals surface area contributed by atoms with Crippen LogP contribution in [0.25, 0.3) is 11.1 Å². The van der Waals surface area contributed by atoms with Crippen LogP contribution in [0.2, 0.25) is 5.02 Å². The number of pyridine rings is 1. The van der Waals surface area contributed by atoms with Crippen LogP contribution in [-0.4, -0.2) is 22.8 Å². The van der Waals surface area contributed by atoms with Crippen LogP contribution in [0.15, 0.2) is 67.0 Å². The van der Waals surface area contributed by atoms with Gasteiger partial charge in [0.15, 0.2) is 0 Å². The minimum atomic E-state index is -0.550. The van der Waals surface area contributed by atoms with E-state index in [1.807, 2.05) is 36.4 Å². The lowest BCUT2D eigenvalue weighted by Gasteiger charge is -2.13. The van der Waals surface area contributed by atoms with Crippen molar-refractivity contribution in [2.75, 3.05) is 6.61 Å². The summed E-state index contributed by atoms with van der Waals surface area (Å²) in [6.45, 7) is 0.224. The lowest BCUT2D eigenvalue weighted by Crippen LogP contribution is -2.18. The molecule has 0 aliphatic rings. The Labute approximate surface area is 157 Å². The second-order valence-electron chi connectivity index (χ2n) is 6.02. The third-order valence-electron chi connectivity index (χ3n) is 4.04. The highest BCUT2D eigenvalue weighted by Crippen LogP contribution is 2.26. The Morgan fingerprint density at radius 2 is 1.85 bits per heavy atom. The van der Waals surface area contributed by atoms with Gasteiger partial charge in [0.25, 0.3) is 0 Å². The molecule has 1 atom stereocenters.